The number of hydrogen-bond donors (Lipinski definition) is 1. The normalized spacial score (nSPS) is 16.2. The lowest BCUT2D eigenvalue weighted by molar-refractivity contribution is -0.119. The molecule has 4 rings (SSSR count). The maximum atomic E-state index is 12.4. The van der Waals surface area contributed by atoms with Gasteiger partial charge in [0, 0.05) is 18.2 Å². The fourth-order valence-corrected chi connectivity index (χ4v) is 4.68. The largest absolute Gasteiger partial charge is 0.312 e. The molecule has 0 aromatic heterocycles. The molecule has 142 valence electrons. The first-order valence-corrected chi connectivity index (χ1v) is 11.2. The van der Waals surface area contributed by atoms with Crippen molar-refractivity contribution < 1.29 is 13.2 Å². The fraction of sp³-hybridized carbons (Fsp3) is 0.381. The molecule has 2 aromatic rings. The van der Waals surface area contributed by atoms with Crippen molar-refractivity contribution in [2.45, 2.75) is 32.1 Å². The highest BCUT2D eigenvalue weighted by Gasteiger charge is 2.36. The van der Waals surface area contributed by atoms with Crippen molar-refractivity contribution in [1.29, 1.82) is 0 Å². The molecular formula is C21H24N2O3S. The second kappa shape index (κ2) is 7.35. The molecule has 2 aliphatic rings. The van der Waals surface area contributed by atoms with Crippen LogP contribution >= 0.6 is 0 Å². The molecular weight excluding hydrogens is 360 g/mol. The SMILES string of the molecule is O=C(C1CC1)N1CCc2ccc(NS(=O)(=O)CCCc3ccccc3)cc21. The van der Waals surface area contributed by atoms with Crippen molar-refractivity contribution in [3.8, 4) is 0 Å². The summed E-state index contributed by atoms with van der Waals surface area (Å²) in [5.41, 5.74) is 3.64. The van der Waals surface area contributed by atoms with Crippen molar-refractivity contribution >= 4 is 27.3 Å². The predicted octanol–water partition coefficient (Wildman–Crippen LogP) is 3.36. The maximum Gasteiger partial charge on any atom is 0.232 e. The van der Waals surface area contributed by atoms with Crippen LogP contribution in [0.2, 0.25) is 0 Å². The van der Waals surface area contributed by atoms with Crippen molar-refractivity contribution in [3.63, 3.8) is 0 Å². The molecule has 0 bridgehead atoms. The van der Waals surface area contributed by atoms with Crippen LogP contribution in [0.4, 0.5) is 11.4 Å². The van der Waals surface area contributed by atoms with E-state index >= 15 is 0 Å². The summed E-state index contributed by atoms with van der Waals surface area (Å²) in [6.45, 7) is 0.692. The quantitative estimate of drug-likeness (QED) is 0.796. The average molecular weight is 385 g/mol. The summed E-state index contributed by atoms with van der Waals surface area (Å²) >= 11 is 0. The van der Waals surface area contributed by atoms with Crippen LogP contribution in [0.3, 0.4) is 0 Å². The molecule has 27 heavy (non-hydrogen) atoms. The first-order chi connectivity index (χ1) is 13.0. The Bertz CT molecular complexity index is 937. The minimum absolute atomic E-state index is 0.0731. The Hall–Kier alpha value is -2.34. The average Bonchev–Trinajstić information content (AvgIpc) is 3.41. The lowest BCUT2D eigenvalue weighted by Crippen LogP contribution is -2.30. The highest BCUT2D eigenvalue weighted by Crippen LogP contribution is 2.37. The Balaban J connectivity index is 1.40. The highest BCUT2D eigenvalue weighted by molar-refractivity contribution is 7.92. The lowest BCUT2D eigenvalue weighted by Gasteiger charge is -2.18. The number of amides is 1. The number of fused-ring (bicyclic) bond motifs is 1. The number of anilines is 2. The number of rotatable bonds is 7. The molecule has 1 heterocycles. The van der Waals surface area contributed by atoms with Crippen molar-refractivity contribution in [3.05, 3.63) is 59.7 Å². The van der Waals surface area contributed by atoms with Gasteiger partial charge in [-0.1, -0.05) is 36.4 Å². The molecule has 6 heteroatoms. The van der Waals surface area contributed by atoms with Crippen molar-refractivity contribution in [2.24, 2.45) is 5.92 Å². The third-order valence-electron chi connectivity index (χ3n) is 5.17. The predicted molar refractivity (Wildman–Crippen MR) is 107 cm³/mol. The summed E-state index contributed by atoms with van der Waals surface area (Å²) < 4.78 is 27.5. The zero-order chi connectivity index (χ0) is 18.9. The molecule has 5 nitrogen and oxygen atoms in total. The summed E-state index contributed by atoms with van der Waals surface area (Å²) in [5, 5.41) is 0. The standard InChI is InChI=1S/C21H24N2O3S/c24-21(18-8-9-18)23-13-12-17-10-11-19(15-20(17)23)22-27(25,26)14-4-7-16-5-2-1-3-6-16/h1-3,5-6,10-11,15,18,22H,4,7-9,12-14H2. The molecule has 0 atom stereocenters. The summed E-state index contributed by atoms with van der Waals surface area (Å²) in [4.78, 5) is 14.2. The molecule has 0 radical (unpaired) electrons. The van der Waals surface area contributed by atoms with E-state index in [0.717, 1.165) is 42.5 Å². The highest BCUT2D eigenvalue weighted by atomic mass is 32.2. The van der Waals surface area contributed by atoms with Gasteiger partial charge < -0.3 is 4.90 Å². The molecule has 0 saturated heterocycles. The summed E-state index contributed by atoms with van der Waals surface area (Å²) in [6, 6.07) is 15.4. The van der Waals surface area contributed by atoms with Crippen LogP contribution in [-0.4, -0.2) is 26.6 Å². The van der Waals surface area contributed by atoms with E-state index in [1.165, 1.54) is 0 Å². The number of nitrogens with one attached hydrogen (secondary N) is 1. The Morgan fingerprint density at radius 2 is 1.89 bits per heavy atom. The zero-order valence-electron chi connectivity index (χ0n) is 15.2. The van der Waals surface area contributed by atoms with Crippen molar-refractivity contribution in [2.75, 3.05) is 21.9 Å². The maximum absolute atomic E-state index is 12.4. The minimum atomic E-state index is -3.42. The van der Waals surface area contributed by atoms with Crippen LogP contribution in [-0.2, 0) is 27.7 Å². The molecule has 1 aliphatic heterocycles. The third kappa shape index (κ3) is 4.33. The molecule has 1 N–H and O–H groups in total. The summed E-state index contributed by atoms with van der Waals surface area (Å²) in [6.07, 6.45) is 4.07. The van der Waals surface area contributed by atoms with Gasteiger partial charge in [0.25, 0.3) is 0 Å². The number of hydrogen-bond acceptors (Lipinski definition) is 3. The van der Waals surface area contributed by atoms with Gasteiger partial charge in [-0.25, -0.2) is 8.42 Å². The van der Waals surface area contributed by atoms with Crippen molar-refractivity contribution in [1.82, 2.24) is 0 Å². The van der Waals surface area contributed by atoms with Gasteiger partial charge in [-0.15, -0.1) is 0 Å². The van der Waals surface area contributed by atoms with Gasteiger partial charge in [0.15, 0.2) is 0 Å². The minimum Gasteiger partial charge on any atom is -0.312 e. The molecule has 1 fully saturated rings. The van der Waals surface area contributed by atoms with Gasteiger partial charge in [0.2, 0.25) is 15.9 Å². The summed E-state index contributed by atoms with van der Waals surface area (Å²) in [5.74, 6) is 0.412. The summed E-state index contributed by atoms with van der Waals surface area (Å²) in [7, 11) is -3.42. The van der Waals surface area contributed by atoms with Crippen LogP contribution in [0, 0.1) is 5.92 Å². The number of carbonyl (C=O) groups excluding carboxylic acids is 1. The Morgan fingerprint density at radius 3 is 2.63 bits per heavy atom. The molecule has 2 aromatic carbocycles. The molecule has 1 aliphatic carbocycles. The number of benzene rings is 2. The number of carbonyl (C=O) groups is 1. The van der Waals surface area contributed by atoms with Crippen LogP contribution in [0.1, 0.15) is 30.4 Å². The second-order valence-corrected chi connectivity index (χ2v) is 9.21. The fourth-order valence-electron chi connectivity index (χ4n) is 3.56. The Labute approximate surface area is 160 Å². The zero-order valence-corrected chi connectivity index (χ0v) is 16.0. The van der Waals surface area contributed by atoms with E-state index in [0.29, 0.717) is 18.7 Å². The molecule has 0 spiro atoms. The number of aryl methyl sites for hydroxylation is 1. The van der Waals surface area contributed by atoms with Gasteiger partial charge in [0.05, 0.1) is 11.4 Å². The van der Waals surface area contributed by atoms with Gasteiger partial charge in [-0.05, 0) is 55.4 Å². The Kier molecular flexibility index (Phi) is 4.91. The first-order valence-electron chi connectivity index (χ1n) is 9.50. The van der Waals surface area contributed by atoms with Crippen LogP contribution in [0.15, 0.2) is 48.5 Å². The van der Waals surface area contributed by atoms with Gasteiger partial charge >= 0.3 is 0 Å². The molecule has 1 saturated carbocycles. The first kappa shape index (κ1) is 18.0. The lowest BCUT2D eigenvalue weighted by atomic mass is 10.1. The number of nitrogens with zero attached hydrogens (tertiary/aromatic N) is 1. The van der Waals surface area contributed by atoms with E-state index in [1.54, 1.807) is 12.1 Å². The van der Waals surface area contributed by atoms with Crippen LogP contribution < -0.4 is 9.62 Å². The van der Waals surface area contributed by atoms with E-state index in [2.05, 4.69) is 4.72 Å². The Morgan fingerprint density at radius 1 is 1.11 bits per heavy atom. The molecule has 0 unspecified atom stereocenters. The smallest absolute Gasteiger partial charge is 0.232 e. The monoisotopic (exact) mass is 384 g/mol. The topological polar surface area (TPSA) is 66.5 Å². The third-order valence-corrected chi connectivity index (χ3v) is 6.54. The van der Waals surface area contributed by atoms with Gasteiger partial charge in [-0.2, -0.15) is 0 Å². The van der Waals surface area contributed by atoms with Crippen LogP contribution in [0.25, 0.3) is 0 Å². The van der Waals surface area contributed by atoms with E-state index < -0.39 is 10.0 Å². The van der Waals surface area contributed by atoms with E-state index in [1.807, 2.05) is 41.3 Å². The van der Waals surface area contributed by atoms with Gasteiger partial charge in [0.1, 0.15) is 0 Å². The van der Waals surface area contributed by atoms with E-state index in [-0.39, 0.29) is 17.6 Å². The van der Waals surface area contributed by atoms with Crippen LogP contribution in [0.5, 0.6) is 0 Å². The second-order valence-electron chi connectivity index (χ2n) is 7.37. The molecule has 1 amide bonds. The van der Waals surface area contributed by atoms with E-state index in [4.69, 9.17) is 0 Å². The number of sulfonamides is 1. The van der Waals surface area contributed by atoms with E-state index in [9.17, 15) is 13.2 Å². The van der Waals surface area contributed by atoms with Gasteiger partial charge in [-0.3, -0.25) is 9.52 Å².